The van der Waals surface area contributed by atoms with Gasteiger partial charge in [-0.05, 0) is 48.9 Å². The van der Waals surface area contributed by atoms with Crippen LogP contribution in [0.25, 0.3) is 10.9 Å². The van der Waals surface area contributed by atoms with Gasteiger partial charge < -0.3 is 15.3 Å². The zero-order valence-electron chi connectivity index (χ0n) is 13.2. The van der Waals surface area contributed by atoms with Crippen molar-refractivity contribution >= 4 is 34.4 Å². The number of rotatable bonds is 3. The molecule has 2 aromatic carbocycles. The van der Waals surface area contributed by atoms with Crippen LogP contribution < -0.4 is 0 Å². The summed E-state index contributed by atoms with van der Waals surface area (Å²) in [6.45, 7) is 1.64. The van der Waals surface area contributed by atoms with Crippen LogP contribution in [0.3, 0.4) is 0 Å². The Balaban J connectivity index is 2.28. The molecule has 0 spiro atoms. The SMILES string of the molecule is Cc1c(CC(=O)O)c2cc(O)c(Cl)cc2n1C(=O)c1ccc(O)cc1. The summed E-state index contributed by atoms with van der Waals surface area (Å²) in [5, 5.41) is 28.9. The van der Waals surface area contributed by atoms with Crippen molar-refractivity contribution in [1.82, 2.24) is 4.57 Å². The molecule has 0 radical (unpaired) electrons. The molecule has 3 aromatic rings. The molecule has 0 aliphatic heterocycles. The van der Waals surface area contributed by atoms with Gasteiger partial charge in [0, 0.05) is 16.6 Å². The second-order valence-corrected chi connectivity index (χ2v) is 6.05. The van der Waals surface area contributed by atoms with Gasteiger partial charge in [-0.15, -0.1) is 0 Å². The molecule has 3 rings (SSSR count). The maximum absolute atomic E-state index is 12.9. The average Bonchev–Trinajstić information content (AvgIpc) is 2.80. The Morgan fingerprint density at radius 2 is 1.76 bits per heavy atom. The quantitative estimate of drug-likeness (QED) is 0.666. The predicted octanol–water partition coefficient (Wildman–Crippen LogP) is 3.33. The van der Waals surface area contributed by atoms with Crippen molar-refractivity contribution < 1.29 is 24.9 Å². The first-order chi connectivity index (χ1) is 11.8. The summed E-state index contributed by atoms with van der Waals surface area (Å²) < 4.78 is 1.37. The molecule has 128 valence electrons. The van der Waals surface area contributed by atoms with Crippen LogP contribution in [0.4, 0.5) is 0 Å². The second-order valence-electron chi connectivity index (χ2n) is 5.64. The highest BCUT2D eigenvalue weighted by molar-refractivity contribution is 6.33. The second kappa shape index (κ2) is 6.14. The molecule has 3 N–H and O–H groups in total. The minimum Gasteiger partial charge on any atom is -0.508 e. The Kier molecular flexibility index (Phi) is 4.14. The lowest BCUT2D eigenvalue weighted by atomic mass is 10.1. The molecule has 25 heavy (non-hydrogen) atoms. The van der Waals surface area contributed by atoms with Gasteiger partial charge in [-0.1, -0.05) is 11.6 Å². The van der Waals surface area contributed by atoms with Crippen LogP contribution in [0.1, 0.15) is 21.6 Å². The summed E-state index contributed by atoms with van der Waals surface area (Å²) in [5.41, 5.74) is 1.62. The van der Waals surface area contributed by atoms with E-state index in [0.29, 0.717) is 27.7 Å². The van der Waals surface area contributed by atoms with Crippen molar-refractivity contribution in [2.45, 2.75) is 13.3 Å². The Hall–Kier alpha value is -2.99. The zero-order chi connectivity index (χ0) is 18.3. The van der Waals surface area contributed by atoms with Gasteiger partial charge in [0.1, 0.15) is 11.5 Å². The van der Waals surface area contributed by atoms with Gasteiger partial charge in [0.25, 0.3) is 5.91 Å². The number of fused-ring (bicyclic) bond motifs is 1. The predicted molar refractivity (Wildman–Crippen MR) is 92.5 cm³/mol. The number of phenolic OH excluding ortho intramolecular Hbond substituents is 2. The third-order valence-electron chi connectivity index (χ3n) is 4.05. The van der Waals surface area contributed by atoms with Crippen molar-refractivity contribution in [2.75, 3.05) is 0 Å². The van der Waals surface area contributed by atoms with Crippen LogP contribution in [0.5, 0.6) is 11.5 Å². The van der Waals surface area contributed by atoms with E-state index in [0.717, 1.165) is 0 Å². The highest BCUT2D eigenvalue weighted by Crippen LogP contribution is 2.35. The van der Waals surface area contributed by atoms with Crippen LogP contribution >= 0.6 is 11.6 Å². The number of carbonyl (C=O) groups excluding carboxylic acids is 1. The highest BCUT2D eigenvalue weighted by atomic mass is 35.5. The largest absolute Gasteiger partial charge is 0.508 e. The smallest absolute Gasteiger partial charge is 0.307 e. The lowest BCUT2D eigenvalue weighted by Gasteiger charge is -2.08. The molecule has 0 saturated heterocycles. The number of aliphatic carboxylic acids is 1. The Labute approximate surface area is 147 Å². The van der Waals surface area contributed by atoms with Crippen LogP contribution in [0.2, 0.25) is 5.02 Å². The third kappa shape index (κ3) is 2.92. The number of aromatic nitrogens is 1. The fraction of sp³-hybridized carbons (Fsp3) is 0.111. The molecule has 0 atom stereocenters. The van der Waals surface area contributed by atoms with E-state index in [9.17, 15) is 19.8 Å². The molecular weight excluding hydrogens is 346 g/mol. The van der Waals surface area contributed by atoms with Gasteiger partial charge in [0.2, 0.25) is 0 Å². The Morgan fingerprint density at radius 3 is 2.36 bits per heavy atom. The normalized spacial score (nSPS) is 11.0. The summed E-state index contributed by atoms with van der Waals surface area (Å²) in [6.07, 6.45) is -0.292. The van der Waals surface area contributed by atoms with Gasteiger partial charge in [-0.3, -0.25) is 14.2 Å². The molecule has 1 heterocycles. The molecule has 0 amide bonds. The zero-order valence-corrected chi connectivity index (χ0v) is 13.9. The first kappa shape index (κ1) is 16.9. The van der Waals surface area contributed by atoms with E-state index in [-0.39, 0.29) is 28.8 Å². The van der Waals surface area contributed by atoms with E-state index in [4.69, 9.17) is 16.7 Å². The fourth-order valence-electron chi connectivity index (χ4n) is 2.86. The van der Waals surface area contributed by atoms with Gasteiger partial charge in [0.15, 0.2) is 0 Å². The summed E-state index contributed by atoms with van der Waals surface area (Å²) >= 11 is 5.97. The monoisotopic (exact) mass is 359 g/mol. The lowest BCUT2D eigenvalue weighted by Crippen LogP contribution is -2.14. The summed E-state index contributed by atoms with van der Waals surface area (Å²) in [7, 11) is 0. The third-order valence-corrected chi connectivity index (χ3v) is 4.35. The van der Waals surface area contributed by atoms with Gasteiger partial charge in [-0.2, -0.15) is 0 Å². The van der Waals surface area contributed by atoms with Crippen molar-refractivity contribution in [1.29, 1.82) is 0 Å². The maximum atomic E-state index is 12.9. The minimum absolute atomic E-state index is 0.0326. The molecule has 0 bridgehead atoms. The number of hydrogen-bond acceptors (Lipinski definition) is 4. The fourth-order valence-corrected chi connectivity index (χ4v) is 3.02. The van der Waals surface area contributed by atoms with Crippen LogP contribution in [-0.2, 0) is 11.2 Å². The number of carboxylic acid groups (broad SMARTS) is 1. The van der Waals surface area contributed by atoms with E-state index in [1.54, 1.807) is 6.92 Å². The molecule has 0 aliphatic carbocycles. The van der Waals surface area contributed by atoms with Crippen molar-refractivity contribution in [3.63, 3.8) is 0 Å². The van der Waals surface area contributed by atoms with E-state index in [1.807, 2.05) is 0 Å². The van der Waals surface area contributed by atoms with Crippen molar-refractivity contribution in [2.24, 2.45) is 0 Å². The first-order valence-corrected chi connectivity index (χ1v) is 7.75. The number of hydrogen-bond donors (Lipinski definition) is 3. The molecule has 0 aliphatic rings. The highest BCUT2D eigenvalue weighted by Gasteiger charge is 2.22. The minimum atomic E-state index is -1.05. The molecule has 0 unspecified atom stereocenters. The number of carboxylic acids is 1. The summed E-state index contributed by atoms with van der Waals surface area (Å²) in [5.74, 6) is -1.59. The van der Waals surface area contributed by atoms with Gasteiger partial charge in [-0.25, -0.2) is 0 Å². The number of phenols is 2. The number of benzene rings is 2. The number of aromatic hydroxyl groups is 2. The van der Waals surface area contributed by atoms with Crippen LogP contribution in [0, 0.1) is 6.92 Å². The van der Waals surface area contributed by atoms with E-state index in [1.165, 1.54) is 41.0 Å². The Bertz CT molecular complexity index is 1000. The molecule has 0 fully saturated rings. The maximum Gasteiger partial charge on any atom is 0.307 e. The molecule has 6 nitrogen and oxygen atoms in total. The van der Waals surface area contributed by atoms with Gasteiger partial charge >= 0.3 is 5.97 Å². The molecular formula is C18H14ClNO5. The number of halogens is 1. The van der Waals surface area contributed by atoms with E-state index < -0.39 is 5.97 Å². The van der Waals surface area contributed by atoms with Gasteiger partial charge in [0.05, 0.1) is 17.0 Å². The van der Waals surface area contributed by atoms with Crippen LogP contribution in [0.15, 0.2) is 36.4 Å². The number of nitrogens with zero attached hydrogens (tertiary/aromatic N) is 1. The van der Waals surface area contributed by atoms with Crippen LogP contribution in [-0.4, -0.2) is 31.8 Å². The van der Waals surface area contributed by atoms with E-state index >= 15 is 0 Å². The molecule has 0 saturated carbocycles. The summed E-state index contributed by atoms with van der Waals surface area (Å²) in [4.78, 5) is 24.1. The first-order valence-electron chi connectivity index (χ1n) is 7.37. The topological polar surface area (TPSA) is 99.8 Å². The van der Waals surface area contributed by atoms with Crippen molar-refractivity contribution in [3.05, 3.63) is 58.2 Å². The molecule has 1 aromatic heterocycles. The summed E-state index contributed by atoms with van der Waals surface area (Å²) in [6, 6.07) is 8.53. The number of carbonyl (C=O) groups is 2. The average molecular weight is 360 g/mol. The lowest BCUT2D eigenvalue weighted by molar-refractivity contribution is -0.136. The standard InChI is InChI=1S/C18H14ClNO5/c1-9-12(7-17(23)24)13-6-16(22)14(19)8-15(13)20(9)18(25)10-2-4-11(21)5-3-10/h2-6,8,21-22H,7H2,1H3,(H,23,24). The van der Waals surface area contributed by atoms with E-state index in [2.05, 4.69) is 0 Å². The molecule has 7 heteroatoms. The van der Waals surface area contributed by atoms with Crippen molar-refractivity contribution in [3.8, 4) is 11.5 Å². The Morgan fingerprint density at radius 1 is 1.12 bits per heavy atom.